The Morgan fingerprint density at radius 2 is 1.69 bits per heavy atom. The van der Waals surface area contributed by atoms with Gasteiger partial charge in [-0.1, -0.05) is 60.5 Å². The van der Waals surface area contributed by atoms with Crippen LogP contribution in [0.2, 0.25) is 10.0 Å². The fourth-order valence-corrected chi connectivity index (χ4v) is 3.08. The van der Waals surface area contributed by atoms with Gasteiger partial charge >= 0.3 is 5.97 Å². The summed E-state index contributed by atoms with van der Waals surface area (Å²) in [5.74, 6) is -0.112. The Bertz CT molecular complexity index is 735. The van der Waals surface area contributed by atoms with E-state index in [0.29, 0.717) is 40.9 Å². The van der Waals surface area contributed by atoms with Crippen molar-refractivity contribution in [3.8, 4) is 5.75 Å². The Labute approximate surface area is 164 Å². The van der Waals surface area contributed by atoms with E-state index >= 15 is 0 Å². The van der Waals surface area contributed by atoms with Gasteiger partial charge in [-0.15, -0.1) is 5.06 Å². The number of hydrogen-bond acceptors (Lipinski definition) is 4. The van der Waals surface area contributed by atoms with Crippen molar-refractivity contribution in [3.63, 3.8) is 0 Å². The lowest BCUT2D eigenvalue weighted by Crippen LogP contribution is -2.45. The van der Waals surface area contributed by atoms with Gasteiger partial charge in [-0.25, -0.2) is 4.79 Å². The first-order valence-electron chi connectivity index (χ1n) is 8.63. The maximum Gasteiger partial charge on any atom is 0.374 e. The monoisotopic (exact) mass is 395 g/mol. The Kier molecular flexibility index (Phi) is 7.33. The van der Waals surface area contributed by atoms with Crippen LogP contribution in [0.4, 0.5) is 0 Å². The summed E-state index contributed by atoms with van der Waals surface area (Å²) in [7, 11) is 0. The number of benzene rings is 2. The van der Waals surface area contributed by atoms with Crippen LogP contribution < -0.4 is 4.74 Å². The van der Waals surface area contributed by atoms with Crippen molar-refractivity contribution in [2.24, 2.45) is 0 Å². The van der Waals surface area contributed by atoms with E-state index in [2.05, 4.69) is 0 Å². The molecule has 0 saturated carbocycles. The average molecular weight is 396 g/mol. The highest BCUT2D eigenvalue weighted by molar-refractivity contribution is 6.35. The fourth-order valence-electron chi connectivity index (χ4n) is 2.64. The van der Waals surface area contributed by atoms with Crippen molar-refractivity contribution < 1.29 is 14.4 Å². The summed E-state index contributed by atoms with van der Waals surface area (Å²) in [4.78, 5) is 18.7. The molecule has 2 rings (SSSR count). The highest BCUT2D eigenvalue weighted by Gasteiger charge is 2.44. The molecular weight excluding hydrogens is 373 g/mol. The largest absolute Gasteiger partial charge is 0.469 e. The third kappa shape index (κ3) is 4.50. The second-order valence-corrected chi connectivity index (χ2v) is 6.56. The minimum atomic E-state index is -1.32. The fraction of sp³-hybridized carbons (Fsp3) is 0.350. The van der Waals surface area contributed by atoms with Crippen molar-refractivity contribution in [3.05, 3.63) is 64.1 Å². The van der Waals surface area contributed by atoms with Crippen molar-refractivity contribution >= 4 is 29.2 Å². The molecule has 0 heterocycles. The first-order chi connectivity index (χ1) is 12.5. The van der Waals surface area contributed by atoms with Crippen LogP contribution in [0.5, 0.6) is 5.75 Å². The summed E-state index contributed by atoms with van der Waals surface area (Å²) in [6.45, 7) is 6.88. The van der Waals surface area contributed by atoms with Crippen molar-refractivity contribution in [2.45, 2.75) is 32.8 Å². The van der Waals surface area contributed by atoms with E-state index < -0.39 is 11.6 Å². The molecule has 0 saturated heterocycles. The van der Waals surface area contributed by atoms with Crippen LogP contribution in [0.3, 0.4) is 0 Å². The quantitative estimate of drug-likeness (QED) is 0.554. The van der Waals surface area contributed by atoms with Gasteiger partial charge in [0.05, 0.1) is 5.02 Å². The maximum absolute atomic E-state index is 13.1. The van der Waals surface area contributed by atoms with Crippen LogP contribution in [0.25, 0.3) is 0 Å². The topological polar surface area (TPSA) is 38.8 Å². The third-order valence-electron chi connectivity index (χ3n) is 4.16. The molecule has 2 aromatic rings. The van der Waals surface area contributed by atoms with E-state index in [4.69, 9.17) is 32.8 Å². The van der Waals surface area contributed by atoms with Crippen LogP contribution >= 0.6 is 23.2 Å². The second kappa shape index (κ2) is 9.26. The van der Waals surface area contributed by atoms with E-state index in [1.165, 1.54) is 0 Å². The van der Waals surface area contributed by atoms with Crippen molar-refractivity contribution in [1.82, 2.24) is 5.06 Å². The molecule has 4 nitrogen and oxygen atoms in total. The van der Waals surface area contributed by atoms with Gasteiger partial charge < -0.3 is 9.57 Å². The molecule has 0 bridgehead atoms. The lowest BCUT2D eigenvalue weighted by molar-refractivity contribution is -0.208. The summed E-state index contributed by atoms with van der Waals surface area (Å²) in [6, 6.07) is 14.2. The predicted molar refractivity (Wildman–Crippen MR) is 105 cm³/mol. The normalized spacial score (nSPS) is 13.3. The molecule has 2 aromatic carbocycles. The van der Waals surface area contributed by atoms with Crippen molar-refractivity contribution in [1.29, 1.82) is 0 Å². The van der Waals surface area contributed by atoms with E-state index in [0.717, 1.165) is 0 Å². The van der Waals surface area contributed by atoms with Gasteiger partial charge in [0.15, 0.2) is 0 Å². The number of carbonyl (C=O) groups excluding carboxylic acids is 1. The van der Waals surface area contributed by atoms with E-state index in [1.54, 1.807) is 23.3 Å². The lowest BCUT2D eigenvalue weighted by Gasteiger charge is -2.33. The Morgan fingerprint density at radius 1 is 1.04 bits per heavy atom. The molecule has 6 heteroatoms. The van der Waals surface area contributed by atoms with Gasteiger partial charge in [0.2, 0.25) is 5.60 Å². The summed E-state index contributed by atoms with van der Waals surface area (Å²) >= 11 is 12.2. The molecule has 0 radical (unpaired) electrons. The number of rotatable bonds is 8. The molecule has 140 valence electrons. The molecule has 0 aliphatic rings. The number of hydrogen-bond donors (Lipinski definition) is 0. The molecule has 0 aliphatic heterocycles. The van der Waals surface area contributed by atoms with Gasteiger partial charge in [0, 0.05) is 23.7 Å². The highest BCUT2D eigenvalue weighted by Crippen LogP contribution is 2.37. The molecule has 0 spiro atoms. The zero-order chi connectivity index (χ0) is 19.2. The van der Waals surface area contributed by atoms with E-state index in [-0.39, 0.29) is 0 Å². The van der Waals surface area contributed by atoms with Gasteiger partial charge in [-0.3, -0.25) is 0 Å². The number of hydroxylamine groups is 2. The van der Waals surface area contributed by atoms with Crippen LogP contribution in [0.15, 0.2) is 48.5 Å². The van der Waals surface area contributed by atoms with E-state index in [1.807, 2.05) is 51.1 Å². The second-order valence-electron chi connectivity index (χ2n) is 5.72. The van der Waals surface area contributed by atoms with Crippen LogP contribution in [-0.2, 0) is 15.2 Å². The first kappa shape index (κ1) is 20.6. The molecule has 0 aromatic heterocycles. The Morgan fingerprint density at radius 3 is 2.23 bits per heavy atom. The van der Waals surface area contributed by atoms with Gasteiger partial charge in [0.25, 0.3) is 0 Å². The zero-order valence-corrected chi connectivity index (χ0v) is 16.7. The molecule has 0 aliphatic carbocycles. The maximum atomic E-state index is 13.1. The summed E-state index contributed by atoms with van der Waals surface area (Å²) in [6.07, 6.45) is 0.371. The van der Waals surface area contributed by atoms with Crippen LogP contribution in [0.1, 0.15) is 32.8 Å². The lowest BCUT2D eigenvalue weighted by atomic mass is 9.90. The number of nitrogens with zero attached hydrogens (tertiary/aromatic N) is 1. The SMILES string of the molecule is CCN(CC)OC(=O)C(CC)(Oc1ccc(Cl)cc1Cl)c1ccccc1. The summed E-state index contributed by atoms with van der Waals surface area (Å²) in [5, 5.41) is 2.42. The molecule has 1 unspecified atom stereocenters. The minimum Gasteiger partial charge on any atom is -0.469 e. The molecule has 26 heavy (non-hydrogen) atoms. The summed E-state index contributed by atoms with van der Waals surface area (Å²) in [5.41, 5.74) is -0.618. The molecule has 0 amide bonds. The molecular formula is C20H23Cl2NO3. The highest BCUT2D eigenvalue weighted by atomic mass is 35.5. The molecule has 1 atom stereocenters. The standard InChI is InChI=1S/C20H23Cl2NO3/c1-4-20(15-10-8-7-9-11-15,19(24)26-23(5-2)6-3)25-18-13-12-16(21)14-17(18)22/h7-14H,4-6H2,1-3H3. The van der Waals surface area contributed by atoms with Gasteiger partial charge in [0.1, 0.15) is 5.75 Å². The Hall–Kier alpha value is -1.75. The number of halogens is 2. The zero-order valence-electron chi connectivity index (χ0n) is 15.2. The smallest absolute Gasteiger partial charge is 0.374 e. The summed E-state index contributed by atoms with van der Waals surface area (Å²) < 4.78 is 6.18. The molecule has 0 N–H and O–H groups in total. The van der Waals surface area contributed by atoms with Crippen LogP contribution in [-0.4, -0.2) is 24.1 Å². The van der Waals surface area contributed by atoms with Crippen molar-refractivity contribution in [2.75, 3.05) is 13.1 Å². The van der Waals surface area contributed by atoms with E-state index in [9.17, 15) is 4.79 Å². The van der Waals surface area contributed by atoms with Gasteiger partial charge in [-0.05, 0) is 38.5 Å². The number of carbonyl (C=O) groups is 1. The third-order valence-corrected chi connectivity index (χ3v) is 4.69. The predicted octanol–water partition coefficient (Wildman–Crippen LogP) is 5.48. The first-order valence-corrected chi connectivity index (χ1v) is 9.39. The average Bonchev–Trinajstić information content (AvgIpc) is 2.66. The van der Waals surface area contributed by atoms with Gasteiger partial charge in [-0.2, -0.15) is 0 Å². The minimum absolute atomic E-state index is 0.335. The Balaban J connectivity index is 2.48. The van der Waals surface area contributed by atoms with Crippen LogP contribution in [0, 0.1) is 0 Å². The molecule has 0 fully saturated rings. The number of ether oxygens (including phenoxy) is 1.